The summed E-state index contributed by atoms with van der Waals surface area (Å²) in [6.07, 6.45) is 0. The Bertz CT molecular complexity index is 519. The second-order valence-electron chi connectivity index (χ2n) is 3.03. The first-order valence-corrected chi connectivity index (χ1v) is 5.59. The molecule has 0 fully saturated rings. The molecule has 0 N–H and O–H groups in total. The van der Waals surface area contributed by atoms with Crippen LogP contribution in [0, 0.1) is 0 Å². The molecule has 0 unspecified atom stereocenters. The quantitative estimate of drug-likeness (QED) is 0.601. The van der Waals surface area contributed by atoms with Gasteiger partial charge in [-0.15, -0.1) is 0 Å². The van der Waals surface area contributed by atoms with E-state index >= 15 is 0 Å². The molecule has 70 valence electrons. The smallest absolute Gasteiger partial charge is 0.170 e. The summed E-state index contributed by atoms with van der Waals surface area (Å²) in [5.41, 5.74) is 1.72. The zero-order valence-electron chi connectivity index (χ0n) is 6.88. The highest BCUT2D eigenvalue weighted by atomic mass is 79.9. The molecular weight excluding hydrogens is 312 g/mol. The van der Waals surface area contributed by atoms with Crippen molar-refractivity contribution in [2.24, 2.45) is 0 Å². The molecule has 2 nitrogen and oxygen atoms in total. The minimum atomic E-state index is 0.735. The molecule has 3 aromatic rings. The van der Waals surface area contributed by atoms with Crippen LogP contribution in [0.2, 0.25) is 0 Å². The molecule has 2 aromatic heterocycles. The summed E-state index contributed by atoms with van der Waals surface area (Å²) in [5, 5.41) is 2.07. The zero-order chi connectivity index (χ0) is 9.71. The summed E-state index contributed by atoms with van der Waals surface area (Å²) in [6.45, 7) is 0. The summed E-state index contributed by atoms with van der Waals surface area (Å²) in [5.74, 6) is 0. The van der Waals surface area contributed by atoms with Crippen molar-refractivity contribution < 1.29 is 8.83 Å². The van der Waals surface area contributed by atoms with Crippen molar-refractivity contribution in [3.63, 3.8) is 0 Å². The molecule has 2 heterocycles. The number of halogens is 2. The first kappa shape index (κ1) is 8.56. The van der Waals surface area contributed by atoms with E-state index < -0.39 is 0 Å². The highest BCUT2D eigenvalue weighted by Crippen LogP contribution is 2.31. The van der Waals surface area contributed by atoms with Crippen LogP contribution >= 0.6 is 31.9 Å². The molecule has 0 spiro atoms. The Morgan fingerprint density at radius 2 is 1.14 bits per heavy atom. The standard InChI is InChI=1S/C10H4Br2O2/c11-9-3-5-1-7-6(2-8(5)14-9)4-10(12)13-7/h1-4H. The van der Waals surface area contributed by atoms with Gasteiger partial charge in [0.15, 0.2) is 9.34 Å². The van der Waals surface area contributed by atoms with Crippen LogP contribution in [0.4, 0.5) is 0 Å². The highest BCUT2D eigenvalue weighted by Gasteiger charge is 2.06. The average Bonchev–Trinajstić information content (AvgIpc) is 2.59. The van der Waals surface area contributed by atoms with Crippen LogP contribution in [0.1, 0.15) is 0 Å². The summed E-state index contributed by atoms with van der Waals surface area (Å²) >= 11 is 6.59. The van der Waals surface area contributed by atoms with Crippen LogP contribution in [0.3, 0.4) is 0 Å². The van der Waals surface area contributed by atoms with Crippen LogP contribution in [0.5, 0.6) is 0 Å². The van der Waals surface area contributed by atoms with Gasteiger partial charge in [0.2, 0.25) is 0 Å². The predicted octanol–water partition coefficient (Wildman–Crippen LogP) is 4.70. The fraction of sp³-hybridized carbons (Fsp3) is 0. The van der Waals surface area contributed by atoms with E-state index in [2.05, 4.69) is 31.9 Å². The SMILES string of the molecule is Brc1cc2cc3oc(Br)cc3cc2o1. The van der Waals surface area contributed by atoms with Crippen LogP contribution < -0.4 is 0 Å². The fourth-order valence-electron chi connectivity index (χ4n) is 1.51. The topological polar surface area (TPSA) is 26.3 Å². The second-order valence-corrected chi connectivity index (χ2v) is 4.59. The molecule has 0 atom stereocenters. The molecule has 0 bridgehead atoms. The number of furan rings is 2. The number of benzene rings is 1. The molecule has 4 heteroatoms. The molecule has 0 aliphatic heterocycles. The summed E-state index contributed by atoms with van der Waals surface area (Å²) in [6, 6.07) is 7.77. The maximum absolute atomic E-state index is 5.44. The van der Waals surface area contributed by atoms with E-state index in [1.165, 1.54) is 0 Å². The van der Waals surface area contributed by atoms with Crippen molar-refractivity contribution in [1.82, 2.24) is 0 Å². The van der Waals surface area contributed by atoms with Crippen molar-refractivity contribution in [1.29, 1.82) is 0 Å². The van der Waals surface area contributed by atoms with E-state index in [0.29, 0.717) is 0 Å². The molecular formula is C10H4Br2O2. The summed E-state index contributed by atoms with van der Waals surface area (Å²) < 4.78 is 12.4. The average molecular weight is 316 g/mol. The van der Waals surface area contributed by atoms with Gasteiger partial charge < -0.3 is 8.83 Å². The van der Waals surface area contributed by atoms with E-state index in [1.807, 2.05) is 24.3 Å². The highest BCUT2D eigenvalue weighted by molar-refractivity contribution is 9.10. The van der Waals surface area contributed by atoms with E-state index in [-0.39, 0.29) is 0 Å². The van der Waals surface area contributed by atoms with E-state index in [1.54, 1.807) is 0 Å². The van der Waals surface area contributed by atoms with E-state index in [9.17, 15) is 0 Å². The van der Waals surface area contributed by atoms with Crippen molar-refractivity contribution in [3.8, 4) is 0 Å². The van der Waals surface area contributed by atoms with Gasteiger partial charge in [0.1, 0.15) is 11.2 Å². The first-order chi connectivity index (χ1) is 6.72. The maximum Gasteiger partial charge on any atom is 0.170 e. The van der Waals surface area contributed by atoms with Gasteiger partial charge >= 0.3 is 0 Å². The van der Waals surface area contributed by atoms with E-state index in [4.69, 9.17) is 8.83 Å². The van der Waals surface area contributed by atoms with Crippen molar-refractivity contribution in [2.75, 3.05) is 0 Å². The Balaban J connectivity index is 2.49. The molecule has 14 heavy (non-hydrogen) atoms. The maximum atomic E-state index is 5.44. The molecule has 0 aliphatic rings. The lowest BCUT2D eigenvalue weighted by molar-refractivity contribution is 0.584. The Morgan fingerprint density at radius 3 is 1.57 bits per heavy atom. The Labute approximate surface area is 96.1 Å². The van der Waals surface area contributed by atoms with Crippen LogP contribution in [0.25, 0.3) is 21.9 Å². The number of hydrogen-bond donors (Lipinski definition) is 0. The van der Waals surface area contributed by atoms with Crippen LogP contribution in [-0.2, 0) is 0 Å². The Kier molecular flexibility index (Phi) is 1.76. The normalized spacial score (nSPS) is 11.6. The van der Waals surface area contributed by atoms with Gasteiger partial charge in [-0.1, -0.05) is 0 Å². The van der Waals surface area contributed by atoms with Gasteiger partial charge in [0, 0.05) is 10.8 Å². The largest absolute Gasteiger partial charge is 0.449 e. The van der Waals surface area contributed by atoms with Gasteiger partial charge in [0.25, 0.3) is 0 Å². The predicted molar refractivity (Wildman–Crippen MR) is 61.4 cm³/mol. The lowest BCUT2D eigenvalue weighted by Crippen LogP contribution is -1.63. The summed E-state index contributed by atoms with van der Waals surface area (Å²) in [7, 11) is 0. The molecule has 3 rings (SSSR count). The van der Waals surface area contributed by atoms with Crippen LogP contribution in [0.15, 0.2) is 42.4 Å². The minimum absolute atomic E-state index is 0.735. The molecule has 1 aromatic carbocycles. The van der Waals surface area contributed by atoms with Crippen molar-refractivity contribution in [2.45, 2.75) is 0 Å². The minimum Gasteiger partial charge on any atom is -0.449 e. The number of hydrogen-bond acceptors (Lipinski definition) is 2. The Hall–Kier alpha value is -0.740. The van der Waals surface area contributed by atoms with Gasteiger partial charge in [-0.25, -0.2) is 0 Å². The third kappa shape index (κ3) is 1.21. The van der Waals surface area contributed by atoms with E-state index in [0.717, 1.165) is 31.3 Å². The lowest BCUT2D eigenvalue weighted by atomic mass is 10.2. The monoisotopic (exact) mass is 314 g/mol. The molecule has 0 aliphatic carbocycles. The molecule has 0 radical (unpaired) electrons. The summed E-state index contributed by atoms with van der Waals surface area (Å²) in [4.78, 5) is 0. The third-order valence-corrected chi connectivity index (χ3v) is 2.88. The van der Waals surface area contributed by atoms with Gasteiger partial charge in [-0.2, -0.15) is 0 Å². The second kappa shape index (κ2) is 2.87. The van der Waals surface area contributed by atoms with Gasteiger partial charge in [-0.3, -0.25) is 0 Å². The molecule has 0 saturated heterocycles. The van der Waals surface area contributed by atoms with Crippen LogP contribution in [-0.4, -0.2) is 0 Å². The molecule has 0 amide bonds. The first-order valence-electron chi connectivity index (χ1n) is 4.00. The zero-order valence-corrected chi connectivity index (χ0v) is 10.1. The fourth-order valence-corrected chi connectivity index (χ4v) is 2.35. The number of rotatable bonds is 0. The van der Waals surface area contributed by atoms with Gasteiger partial charge in [0.05, 0.1) is 0 Å². The van der Waals surface area contributed by atoms with Crippen molar-refractivity contribution >= 4 is 53.8 Å². The van der Waals surface area contributed by atoms with Gasteiger partial charge in [-0.05, 0) is 56.1 Å². The Morgan fingerprint density at radius 1 is 0.714 bits per heavy atom. The van der Waals surface area contributed by atoms with Crippen molar-refractivity contribution in [3.05, 3.63) is 33.6 Å². The molecule has 0 saturated carbocycles. The lowest BCUT2D eigenvalue weighted by Gasteiger charge is -1.87. The third-order valence-electron chi connectivity index (χ3n) is 2.10. The number of fused-ring (bicyclic) bond motifs is 2.